The Balaban J connectivity index is 2.88. The van der Waals surface area contributed by atoms with E-state index in [1.165, 1.54) is 32.3 Å². The summed E-state index contributed by atoms with van der Waals surface area (Å²) in [6.07, 6.45) is -4.94. The Labute approximate surface area is 121 Å². The van der Waals surface area contributed by atoms with Crippen LogP contribution >= 0.6 is 0 Å². The van der Waals surface area contributed by atoms with E-state index in [4.69, 9.17) is 5.11 Å². The molecule has 0 spiro atoms. The van der Waals surface area contributed by atoms with Gasteiger partial charge in [0.1, 0.15) is 6.10 Å². The molecule has 9 heteroatoms. The lowest BCUT2D eigenvalue weighted by molar-refractivity contribution is -0.00270. The van der Waals surface area contributed by atoms with Gasteiger partial charge in [0.05, 0.1) is 4.90 Å². The molecule has 0 aliphatic carbocycles. The Bertz CT molecular complexity index is 605. The fraction of sp³-hybridized carbons (Fsp3) is 0.417. The Kier molecular flexibility index (Phi) is 5.76. The minimum absolute atomic E-state index is 0.000564. The number of sulfonamides is 1. The third-order valence-corrected chi connectivity index (χ3v) is 4.45. The molecular weight excluding hydrogens is 306 g/mol. The van der Waals surface area contributed by atoms with Crippen molar-refractivity contribution in [2.24, 2.45) is 0 Å². The Hall–Kier alpha value is -1.58. The molecule has 1 aromatic carbocycles. The molecule has 0 aromatic heterocycles. The molecule has 0 aliphatic rings. The summed E-state index contributed by atoms with van der Waals surface area (Å²) in [6, 6.07) is 5.17. The third-order valence-electron chi connectivity index (χ3n) is 2.64. The number of rotatable bonds is 6. The molecule has 0 bridgehead atoms. The summed E-state index contributed by atoms with van der Waals surface area (Å²) in [5.41, 5.74) is -0.000564. The van der Waals surface area contributed by atoms with Crippen LogP contribution in [-0.2, 0) is 10.0 Å². The molecule has 0 unspecified atom stereocenters. The molecule has 0 aliphatic heterocycles. The normalized spacial score (nSPS) is 13.5. The lowest BCUT2D eigenvalue weighted by atomic mass is 10.2. The monoisotopic (exact) mass is 322 g/mol. The average molecular weight is 322 g/mol. The predicted molar refractivity (Wildman–Crippen MR) is 71.7 cm³/mol. The zero-order valence-electron chi connectivity index (χ0n) is 11.5. The van der Waals surface area contributed by atoms with Crippen molar-refractivity contribution >= 4 is 15.9 Å². The summed E-state index contributed by atoms with van der Waals surface area (Å²) in [7, 11) is -0.997. The Morgan fingerprint density at radius 2 is 2.00 bits per heavy atom. The Morgan fingerprint density at radius 3 is 2.52 bits per heavy atom. The van der Waals surface area contributed by atoms with Crippen molar-refractivity contribution in [2.45, 2.75) is 17.4 Å². The predicted octanol–water partition coefficient (Wildman–Crippen LogP) is 0.293. The van der Waals surface area contributed by atoms with Crippen LogP contribution in [-0.4, -0.2) is 56.9 Å². The van der Waals surface area contributed by atoms with Gasteiger partial charge in [0.15, 0.2) is 0 Å². The zero-order chi connectivity index (χ0) is 16.2. The molecule has 1 amide bonds. The summed E-state index contributed by atoms with van der Waals surface area (Å²) in [4.78, 5) is 11.7. The molecule has 2 N–H and O–H groups in total. The molecule has 0 saturated heterocycles. The van der Waals surface area contributed by atoms with Crippen LogP contribution in [0.5, 0.6) is 0 Å². The number of alkyl halides is 2. The summed E-state index contributed by atoms with van der Waals surface area (Å²) in [5.74, 6) is -0.745. The second kappa shape index (κ2) is 6.92. The maximum Gasteiger partial charge on any atom is 0.265 e. The summed E-state index contributed by atoms with van der Waals surface area (Å²) >= 11 is 0. The largest absolute Gasteiger partial charge is 0.385 e. The van der Waals surface area contributed by atoms with Gasteiger partial charge in [0.2, 0.25) is 10.0 Å². The van der Waals surface area contributed by atoms with Crippen LogP contribution in [0.3, 0.4) is 0 Å². The van der Waals surface area contributed by atoms with Crippen molar-refractivity contribution in [2.75, 3.05) is 20.6 Å². The van der Waals surface area contributed by atoms with E-state index in [1.54, 1.807) is 0 Å². The lowest BCUT2D eigenvalue weighted by Gasteiger charge is -2.13. The molecule has 0 radical (unpaired) electrons. The highest BCUT2D eigenvalue weighted by atomic mass is 32.2. The summed E-state index contributed by atoms with van der Waals surface area (Å²) in [5, 5.41) is 11.0. The van der Waals surface area contributed by atoms with Crippen LogP contribution in [0.2, 0.25) is 0 Å². The van der Waals surface area contributed by atoms with Crippen molar-refractivity contribution < 1.29 is 27.1 Å². The number of nitrogens with one attached hydrogen (secondary N) is 1. The molecule has 1 atom stereocenters. The maximum absolute atomic E-state index is 12.1. The van der Waals surface area contributed by atoms with Gasteiger partial charge >= 0.3 is 0 Å². The number of carbonyl (C=O) groups is 1. The van der Waals surface area contributed by atoms with Gasteiger partial charge < -0.3 is 10.4 Å². The topological polar surface area (TPSA) is 86.7 Å². The van der Waals surface area contributed by atoms with E-state index < -0.39 is 35.0 Å². The van der Waals surface area contributed by atoms with E-state index >= 15 is 0 Å². The lowest BCUT2D eigenvalue weighted by Crippen LogP contribution is -2.35. The van der Waals surface area contributed by atoms with Gasteiger partial charge in [-0.1, -0.05) is 6.07 Å². The summed E-state index contributed by atoms with van der Waals surface area (Å²) < 4.78 is 49.0. The van der Waals surface area contributed by atoms with Crippen LogP contribution < -0.4 is 5.32 Å². The molecule has 1 aromatic rings. The highest BCUT2D eigenvalue weighted by Gasteiger charge is 2.20. The highest BCUT2D eigenvalue weighted by Crippen LogP contribution is 2.14. The van der Waals surface area contributed by atoms with E-state index in [1.807, 2.05) is 0 Å². The zero-order valence-corrected chi connectivity index (χ0v) is 12.3. The third kappa shape index (κ3) is 4.45. The molecule has 118 valence electrons. The minimum atomic E-state index is -3.69. The van der Waals surface area contributed by atoms with E-state index in [9.17, 15) is 22.0 Å². The molecule has 6 nitrogen and oxygen atoms in total. The van der Waals surface area contributed by atoms with Crippen molar-refractivity contribution in [3.05, 3.63) is 29.8 Å². The van der Waals surface area contributed by atoms with Gasteiger partial charge in [-0.3, -0.25) is 4.79 Å². The summed E-state index contributed by atoms with van der Waals surface area (Å²) in [6.45, 7) is -0.624. The smallest absolute Gasteiger partial charge is 0.265 e. The first-order valence-electron chi connectivity index (χ1n) is 5.93. The van der Waals surface area contributed by atoms with Crippen LogP contribution in [0.1, 0.15) is 10.4 Å². The first kappa shape index (κ1) is 17.5. The Morgan fingerprint density at radius 1 is 1.38 bits per heavy atom. The molecule has 1 rings (SSSR count). The molecule has 0 saturated carbocycles. The quantitative estimate of drug-likeness (QED) is 0.788. The maximum atomic E-state index is 12.1. The van der Waals surface area contributed by atoms with Crippen LogP contribution in [0, 0.1) is 0 Å². The SMILES string of the molecule is CN(C)S(=O)(=O)c1cccc(C(=O)NC[C@@H](O)C(F)F)c1. The molecular formula is C12H16F2N2O4S. The van der Waals surface area contributed by atoms with Crippen molar-refractivity contribution in [1.82, 2.24) is 9.62 Å². The number of nitrogens with zero attached hydrogens (tertiary/aromatic N) is 1. The number of aliphatic hydroxyl groups excluding tert-OH is 1. The van der Waals surface area contributed by atoms with Crippen LogP contribution in [0.25, 0.3) is 0 Å². The fourth-order valence-electron chi connectivity index (χ4n) is 1.40. The van der Waals surface area contributed by atoms with Gasteiger partial charge in [0.25, 0.3) is 12.3 Å². The van der Waals surface area contributed by atoms with Gasteiger partial charge in [-0.2, -0.15) is 0 Å². The molecule has 0 fully saturated rings. The highest BCUT2D eigenvalue weighted by molar-refractivity contribution is 7.89. The van der Waals surface area contributed by atoms with Gasteiger partial charge in [-0.15, -0.1) is 0 Å². The van der Waals surface area contributed by atoms with E-state index in [0.29, 0.717) is 0 Å². The first-order chi connectivity index (χ1) is 9.66. The number of hydrogen-bond acceptors (Lipinski definition) is 4. The fourth-order valence-corrected chi connectivity index (χ4v) is 2.35. The number of amides is 1. The number of benzene rings is 1. The van der Waals surface area contributed by atoms with E-state index in [-0.39, 0.29) is 10.5 Å². The second-order valence-corrected chi connectivity index (χ2v) is 6.58. The number of aliphatic hydroxyl groups is 1. The van der Waals surface area contributed by atoms with Gasteiger partial charge in [-0.25, -0.2) is 21.5 Å². The number of carbonyl (C=O) groups excluding carboxylic acids is 1. The van der Waals surface area contributed by atoms with Crippen molar-refractivity contribution in [3.8, 4) is 0 Å². The molecule has 21 heavy (non-hydrogen) atoms. The minimum Gasteiger partial charge on any atom is -0.385 e. The van der Waals surface area contributed by atoms with E-state index in [0.717, 1.165) is 10.4 Å². The standard InChI is InChI=1S/C12H16F2N2O4S/c1-16(2)21(19,20)9-5-3-4-8(6-9)12(18)15-7-10(17)11(13)14/h3-6,10-11,17H,7H2,1-2H3,(H,15,18)/t10-/m1/s1. The van der Waals surface area contributed by atoms with Crippen molar-refractivity contribution in [1.29, 1.82) is 0 Å². The average Bonchev–Trinajstić information content (AvgIpc) is 2.44. The van der Waals surface area contributed by atoms with Crippen molar-refractivity contribution in [3.63, 3.8) is 0 Å². The number of hydrogen-bond donors (Lipinski definition) is 2. The van der Waals surface area contributed by atoms with Crippen LogP contribution in [0.15, 0.2) is 29.2 Å². The van der Waals surface area contributed by atoms with Gasteiger partial charge in [-0.05, 0) is 18.2 Å². The van der Waals surface area contributed by atoms with E-state index in [2.05, 4.69) is 5.32 Å². The first-order valence-corrected chi connectivity index (χ1v) is 7.37. The van der Waals surface area contributed by atoms with Crippen LogP contribution in [0.4, 0.5) is 8.78 Å². The second-order valence-electron chi connectivity index (χ2n) is 4.43. The van der Waals surface area contributed by atoms with Gasteiger partial charge in [0, 0.05) is 26.2 Å². The molecule has 0 heterocycles. The number of halogens is 2.